The maximum absolute atomic E-state index is 5.71. The number of piperidine rings is 1. The molecule has 0 radical (unpaired) electrons. The number of ether oxygens (including phenoxy) is 1. The number of hydrogen-bond acceptors (Lipinski definition) is 4. The Morgan fingerprint density at radius 2 is 2.15 bits per heavy atom. The predicted octanol–water partition coefficient (Wildman–Crippen LogP) is 2.59. The minimum Gasteiger partial charge on any atom is -0.378 e. The van der Waals surface area contributed by atoms with Crippen LogP contribution in [-0.4, -0.2) is 37.3 Å². The molecule has 1 N–H and O–H groups in total. The summed E-state index contributed by atoms with van der Waals surface area (Å²) in [6.07, 6.45) is 5.78. The molecule has 1 aliphatic heterocycles. The second-order valence-corrected chi connectivity index (χ2v) is 5.32. The van der Waals surface area contributed by atoms with Crippen molar-refractivity contribution < 1.29 is 4.74 Å². The average Bonchev–Trinajstić information content (AvgIpc) is 2.49. The Balaban J connectivity index is 1.87. The first kappa shape index (κ1) is 15.3. The minimum absolute atomic E-state index is 0.448. The van der Waals surface area contributed by atoms with Crippen LogP contribution in [0.2, 0.25) is 0 Å². The van der Waals surface area contributed by atoms with Gasteiger partial charge in [-0.25, -0.2) is 0 Å². The first-order valence-electron chi connectivity index (χ1n) is 7.85. The molecule has 2 rings (SSSR count). The van der Waals surface area contributed by atoms with E-state index in [9.17, 15) is 0 Å². The fourth-order valence-electron chi connectivity index (χ4n) is 2.67. The van der Waals surface area contributed by atoms with E-state index in [4.69, 9.17) is 4.74 Å². The largest absolute Gasteiger partial charge is 0.378 e. The lowest BCUT2D eigenvalue weighted by Crippen LogP contribution is -2.37. The Bertz CT molecular complexity index is 389. The molecule has 4 nitrogen and oxygen atoms in total. The fourth-order valence-corrected chi connectivity index (χ4v) is 2.67. The van der Waals surface area contributed by atoms with Crippen molar-refractivity contribution in [3.63, 3.8) is 0 Å². The summed E-state index contributed by atoms with van der Waals surface area (Å²) in [6, 6.07) is 4.33. The van der Waals surface area contributed by atoms with E-state index in [0.29, 0.717) is 6.10 Å². The van der Waals surface area contributed by atoms with Crippen molar-refractivity contribution in [2.75, 3.05) is 31.1 Å². The Morgan fingerprint density at radius 1 is 1.35 bits per heavy atom. The van der Waals surface area contributed by atoms with Crippen LogP contribution in [0, 0.1) is 0 Å². The van der Waals surface area contributed by atoms with Gasteiger partial charge in [0.2, 0.25) is 0 Å². The molecule has 1 aliphatic rings. The molecule has 20 heavy (non-hydrogen) atoms. The van der Waals surface area contributed by atoms with Crippen LogP contribution in [0.25, 0.3) is 0 Å². The van der Waals surface area contributed by atoms with Gasteiger partial charge in [0.15, 0.2) is 0 Å². The van der Waals surface area contributed by atoms with Crippen molar-refractivity contribution in [3.05, 3.63) is 24.0 Å². The molecule has 1 aromatic heterocycles. The average molecular weight is 277 g/mol. The highest BCUT2D eigenvalue weighted by Gasteiger charge is 2.19. The fraction of sp³-hybridized carbons (Fsp3) is 0.688. The van der Waals surface area contributed by atoms with Crippen LogP contribution in [0.3, 0.4) is 0 Å². The second-order valence-electron chi connectivity index (χ2n) is 5.32. The van der Waals surface area contributed by atoms with Gasteiger partial charge < -0.3 is 15.0 Å². The van der Waals surface area contributed by atoms with Crippen molar-refractivity contribution in [1.82, 2.24) is 10.3 Å². The first-order valence-corrected chi connectivity index (χ1v) is 7.85. The third-order valence-corrected chi connectivity index (χ3v) is 3.74. The van der Waals surface area contributed by atoms with Crippen molar-refractivity contribution in [2.45, 2.75) is 45.8 Å². The minimum atomic E-state index is 0.448. The van der Waals surface area contributed by atoms with Crippen LogP contribution in [0.15, 0.2) is 18.3 Å². The van der Waals surface area contributed by atoms with Gasteiger partial charge >= 0.3 is 0 Å². The van der Waals surface area contributed by atoms with E-state index in [-0.39, 0.29) is 0 Å². The zero-order valence-corrected chi connectivity index (χ0v) is 12.8. The number of anilines is 1. The highest BCUT2D eigenvalue weighted by molar-refractivity contribution is 5.46. The van der Waals surface area contributed by atoms with Crippen LogP contribution in [0.5, 0.6) is 0 Å². The van der Waals surface area contributed by atoms with Gasteiger partial charge in [0.25, 0.3) is 0 Å². The molecule has 0 amide bonds. The lowest BCUT2D eigenvalue weighted by atomic mass is 10.1. The van der Waals surface area contributed by atoms with Gasteiger partial charge in [-0.15, -0.1) is 0 Å². The Kier molecular flexibility index (Phi) is 6.27. The van der Waals surface area contributed by atoms with Crippen LogP contribution in [0.1, 0.15) is 38.8 Å². The molecule has 0 bridgehead atoms. The molecule has 112 valence electrons. The molecule has 0 unspecified atom stereocenters. The summed E-state index contributed by atoms with van der Waals surface area (Å²) < 4.78 is 5.71. The summed E-state index contributed by atoms with van der Waals surface area (Å²) in [7, 11) is 0. The Morgan fingerprint density at radius 3 is 2.85 bits per heavy atom. The quantitative estimate of drug-likeness (QED) is 0.777. The number of aromatic nitrogens is 1. The number of nitrogens with one attached hydrogen (secondary N) is 1. The van der Waals surface area contributed by atoms with E-state index in [0.717, 1.165) is 57.7 Å². The maximum atomic E-state index is 5.71. The molecular formula is C16H27N3O. The van der Waals surface area contributed by atoms with E-state index >= 15 is 0 Å². The smallest absolute Gasteiger partial charge is 0.0608 e. The predicted molar refractivity (Wildman–Crippen MR) is 83.1 cm³/mol. The zero-order valence-electron chi connectivity index (χ0n) is 12.8. The van der Waals surface area contributed by atoms with E-state index in [2.05, 4.69) is 41.2 Å². The Hall–Kier alpha value is -1.13. The van der Waals surface area contributed by atoms with E-state index in [1.54, 1.807) is 0 Å². The summed E-state index contributed by atoms with van der Waals surface area (Å²) >= 11 is 0. The topological polar surface area (TPSA) is 37.4 Å². The monoisotopic (exact) mass is 277 g/mol. The highest BCUT2D eigenvalue weighted by atomic mass is 16.5. The summed E-state index contributed by atoms with van der Waals surface area (Å²) in [5.41, 5.74) is 2.42. The molecule has 1 aromatic rings. The molecule has 4 heteroatoms. The van der Waals surface area contributed by atoms with Crippen LogP contribution < -0.4 is 10.2 Å². The van der Waals surface area contributed by atoms with Gasteiger partial charge in [0.05, 0.1) is 11.8 Å². The van der Waals surface area contributed by atoms with E-state index in [1.807, 2.05) is 6.20 Å². The normalized spacial score (nSPS) is 16.6. The molecule has 1 saturated heterocycles. The van der Waals surface area contributed by atoms with Crippen molar-refractivity contribution in [3.8, 4) is 0 Å². The summed E-state index contributed by atoms with van der Waals surface area (Å²) in [5, 5.41) is 3.40. The third kappa shape index (κ3) is 4.46. The Labute approximate surface area is 122 Å². The van der Waals surface area contributed by atoms with Gasteiger partial charge in [-0.05, 0) is 44.9 Å². The molecule has 1 fully saturated rings. The van der Waals surface area contributed by atoms with E-state index in [1.165, 1.54) is 5.69 Å². The summed E-state index contributed by atoms with van der Waals surface area (Å²) in [5.74, 6) is 0. The molecule has 0 aromatic carbocycles. The number of hydrogen-bond donors (Lipinski definition) is 1. The number of pyridine rings is 1. The van der Waals surface area contributed by atoms with Gasteiger partial charge in [-0.2, -0.15) is 0 Å². The third-order valence-electron chi connectivity index (χ3n) is 3.74. The lowest BCUT2D eigenvalue weighted by Gasteiger charge is -2.33. The van der Waals surface area contributed by atoms with Crippen LogP contribution in [-0.2, 0) is 11.3 Å². The summed E-state index contributed by atoms with van der Waals surface area (Å²) in [4.78, 5) is 6.88. The standard InChI is InChI=1S/C16H27N3O/c1-3-8-17-13-14-12-15(5-9-18-14)19-10-6-16(7-11-19)20-4-2/h5,9,12,16-17H,3-4,6-8,10-11,13H2,1-2H3. The molecule has 0 aliphatic carbocycles. The molecule has 0 spiro atoms. The number of rotatable bonds is 7. The van der Waals surface area contributed by atoms with Crippen molar-refractivity contribution in [1.29, 1.82) is 0 Å². The lowest BCUT2D eigenvalue weighted by molar-refractivity contribution is 0.0459. The summed E-state index contributed by atoms with van der Waals surface area (Å²) in [6.45, 7) is 9.15. The van der Waals surface area contributed by atoms with Crippen LogP contribution in [0.4, 0.5) is 5.69 Å². The molecule has 0 saturated carbocycles. The van der Waals surface area contributed by atoms with Crippen LogP contribution >= 0.6 is 0 Å². The second kappa shape index (κ2) is 8.22. The molecule has 2 heterocycles. The highest BCUT2D eigenvalue weighted by Crippen LogP contribution is 2.21. The zero-order chi connectivity index (χ0) is 14.2. The van der Waals surface area contributed by atoms with Gasteiger partial charge in [0.1, 0.15) is 0 Å². The SMILES string of the molecule is CCCNCc1cc(N2CCC(OCC)CC2)ccn1. The van der Waals surface area contributed by atoms with E-state index < -0.39 is 0 Å². The van der Waals surface area contributed by atoms with Gasteiger partial charge in [-0.3, -0.25) is 4.98 Å². The van der Waals surface area contributed by atoms with Gasteiger partial charge in [-0.1, -0.05) is 6.92 Å². The van der Waals surface area contributed by atoms with Gasteiger partial charge in [0, 0.05) is 38.1 Å². The van der Waals surface area contributed by atoms with Crippen molar-refractivity contribution >= 4 is 5.69 Å². The molecular weight excluding hydrogens is 250 g/mol. The maximum Gasteiger partial charge on any atom is 0.0608 e. The number of nitrogens with zero attached hydrogens (tertiary/aromatic N) is 2. The first-order chi connectivity index (χ1) is 9.83. The van der Waals surface area contributed by atoms with Crippen molar-refractivity contribution in [2.24, 2.45) is 0 Å². The molecule has 0 atom stereocenters.